The zero-order valence-corrected chi connectivity index (χ0v) is 28.2. The van der Waals surface area contributed by atoms with Crippen LogP contribution in [0.2, 0.25) is 0 Å². The highest BCUT2D eigenvalue weighted by molar-refractivity contribution is 7.14. The van der Waals surface area contributed by atoms with Crippen molar-refractivity contribution < 1.29 is 0 Å². The number of aryl methyl sites for hydroxylation is 4. The van der Waals surface area contributed by atoms with E-state index in [2.05, 4.69) is 50.0 Å². The zero-order chi connectivity index (χ0) is 28.7. The van der Waals surface area contributed by atoms with E-state index in [-0.39, 0.29) is 0 Å². The van der Waals surface area contributed by atoms with Crippen molar-refractivity contribution in [2.75, 3.05) is 0 Å². The molecular weight excluding hydrogens is 525 g/mol. The molecule has 2 aromatic heterocycles. The van der Waals surface area contributed by atoms with E-state index in [0.717, 1.165) is 0 Å². The van der Waals surface area contributed by atoms with E-state index in [0.29, 0.717) is 0 Å². The maximum Gasteiger partial charge on any atom is 0.0670 e. The lowest BCUT2D eigenvalue weighted by Crippen LogP contribution is -1.90. The molecule has 0 fully saturated rings. The minimum Gasteiger partial charge on any atom is -0.158 e. The molecule has 2 heterocycles. The van der Waals surface area contributed by atoms with E-state index in [4.69, 9.17) is 0 Å². The Kier molecular flexibility index (Phi) is 20.4. The summed E-state index contributed by atoms with van der Waals surface area (Å²) < 4.78 is 0. The van der Waals surface area contributed by atoms with E-state index < -0.39 is 0 Å². The minimum atomic E-state index is 1.17. The smallest absolute Gasteiger partial charge is 0.0670 e. The number of unbranched alkanes of at least 4 members (excludes halogenated alkanes) is 18. The molecule has 0 aliphatic rings. The molecule has 4 heteroatoms. The summed E-state index contributed by atoms with van der Waals surface area (Å²) in [6.45, 7) is 9.00. The summed E-state index contributed by atoms with van der Waals surface area (Å²) in [7, 11) is 0. The second kappa shape index (κ2) is 23.3. The lowest BCUT2D eigenvalue weighted by molar-refractivity contribution is 0.556. The highest BCUT2D eigenvalue weighted by Crippen LogP contribution is 2.24. The summed E-state index contributed by atoms with van der Waals surface area (Å²) in [6, 6.07) is 4.72. The maximum atomic E-state index is 4.48. The Labute approximate surface area is 256 Å². The van der Waals surface area contributed by atoms with Crippen molar-refractivity contribution in [1.29, 1.82) is 0 Å². The van der Waals surface area contributed by atoms with Crippen molar-refractivity contribution in [3.8, 4) is 0 Å². The monoisotopic (exact) mass is 584 g/mol. The third-order valence-corrected chi connectivity index (χ3v) is 10.0. The van der Waals surface area contributed by atoms with Gasteiger partial charge >= 0.3 is 0 Å². The molecule has 0 unspecified atom stereocenters. The maximum absolute atomic E-state index is 4.48. The van der Waals surface area contributed by atoms with Crippen LogP contribution in [-0.4, -0.2) is 12.4 Å². The summed E-state index contributed by atoms with van der Waals surface area (Å²) in [4.78, 5) is 5.33. The van der Waals surface area contributed by atoms with Gasteiger partial charge in [-0.2, -0.15) is 10.2 Å². The SMILES string of the molecule is CCCCCCCCCCCCc1cc(C)sc1/C=N/N=C/c1sc(C)cc1CCCCCCCCCCCC. The van der Waals surface area contributed by atoms with E-state index in [1.54, 1.807) is 0 Å². The Balaban J connectivity index is 1.68. The fourth-order valence-electron chi connectivity index (χ4n) is 5.56. The van der Waals surface area contributed by atoms with Gasteiger partial charge in [-0.1, -0.05) is 129 Å². The van der Waals surface area contributed by atoms with Crippen LogP contribution in [-0.2, 0) is 12.8 Å². The van der Waals surface area contributed by atoms with Crippen LogP contribution >= 0.6 is 22.7 Å². The van der Waals surface area contributed by atoms with Gasteiger partial charge in [-0.25, -0.2) is 0 Å². The van der Waals surface area contributed by atoms with Crippen molar-refractivity contribution in [3.63, 3.8) is 0 Å². The molecule has 2 nitrogen and oxygen atoms in total. The molecule has 40 heavy (non-hydrogen) atoms. The first-order valence-corrected chi connectivity index (χ1v) is 18.5. The molecule has 2 rings (SSSR count). The molecule has 0 aliphatic carbocycles. The molecule has 0 saturated carbocycles. The van der Waals surface area contributed by atoms with Crippen molar-refractivity contribution in [1.82, 2.24) is 0 Å². The standard InChI is InChI=1S/C36H60N2S2/c1-5-7-9-11-13-15-17-19-21-23-25-33-27-31(3)39-35(33)29-37-38-30-36-34(28-32(4)40-36)26-24-22-20-18-16-14-12-10-8-6-2/h27-30H,5-26H2,1-4H3/b37-29+,38-30+. The average Bonchev–Trinajstić information content (AvgIpc) is 3.48. The summed E-state index contributed by atoms with van der Waals surface area (Å²) in [5, 5.41) is 8.96. The Bertz CT molecular complexity index is 860. The molecule has 0 amide bonds. The second-order valence-corrected chi connectivity index (χ2v) is 14.4. The van der Waals surface area contributed by atoms with Gasteiger partial charge in [-0.05, 0) is 62.8 Å². The van der Waals surface area contributed by atoms with Crippen LogP contribution in [0.1, 0.15) is 173 Å². The van der Waals surface area contributed by atoms with Gasteiger partial charge in [-0.3, -0.25) is 0 Å². The van der Waals surface area contributed by atoms with Crippen LogP contribution in [0, 0.1) is 13.8 Å². The van der Waals surface area contributed by atoms with E-state index in [9.17, 15) is 0 Å². The molecule has 0 aromatic carbocycles. The Morgan fingerprint density at radius 1 is 0.475 bits per heavy atom. The highest BCUT2D eigenvalue weighted by Gasteiger charge is 2.07. The molecule has 0 spiro atoms. The molecule has 2 aromatic rings. The Morgan fingerprint density at radius 2 is 0.775 bits per heavy atom. The predicted molar refractivity (Wildman–Crippen MR) is 184 cm³/mol. The second-order valence-electron chi connectivity index (χ2n) is 11.8. The summed E-state index contributed by atoms with van der Waals surface area (Å²) in [5.41, 5.74) is 2.91. The van der Waals surface area contributed by atoms with Crippen molar-refractivity contribution in [2.45, 2.75) is 169 Å². The number of nitrogens with zero attached hydrogens (tertiary/aromatic N) is 2. The van der Waals surface area contributed by atoms with Gasteiger partial charge in [0.05, 0.1) is 22.2 Å². The van der Waals surface area contributed by atoms with Crippen molar-refractivity contribution >= 4 is 35.1 Å². The van der Waals surface area contributed by atoms with Gasteiger partial charge in [-0.15, -0.1) is 22.7 Å². The first-order chi connectivity index (χ1) is 19.6. The van der Waals surface area contributed by atoms with Gasteiger partial charge in [0.25, 0.3) is 0 Å². The molecule has 226 valence electrons. The van der Waals surface area contributed by atoms with E-state index >= 15 is 0 Å². The van der Waals surface area contributed by atoms with Gasteiger partial charge in [0, 0.05) is 9.75 Å². The quantitative estimate of drug-likeness (QED) is 0.0630. The Morgan fingerprint density at radius 3 is 1.10 bits per heavy atom. The van der Waals surface area contributed by atoms with Crippen LogP contribution in [0.4, 0.5) is 0 Å². The van der Waals surface area contributed by atoms with Gasteiger partial charge in [0.1, 0.15) is 0 Å². The van der Waals surface area contributed by atoms with Gasteiger partial charge < -0.3 is 0 Å². The molecule has 0 saturated heterocycles. The number of thiophene rings is 2. The van der Waals surface area contributed by atoms with Gasteiger partial charge in [0.2, 0.25) is 0 Å². The number of hydrogen-bond acceptors (Lipinski definition) is 4. The molecule has 0 bridgehead atoms. The van der Waals surface area contributed by atoms with E-state index in [1.807, 2.05) is 35.1 Å². The summed E-state index contributed by atoms with van der Waals surface area (Å²) in [6.07, 6.45) is 34.0. The van der Waals surface area contributed by atoms with Crippen molar-refractivity contribution in [2.24, 2.45) is 10.2 Å². The topological polar surface area (TPSA) is 24.7 Å². The summed E-state index contributed by atoms with van der Waals surface area (Å²) in [5.74, 6) is 0. The zero-order valence-electron chi connectivity index (χ0n) is 26.6. The van der Waals surface area contributed by atoms with E-state index in [1.165, 1.54) is 172 Å². The average molecular weight is 585 g/mol. The van der Waals surface area contributed by atoms with Crippen LogP contribution in [0.5, 0.6) is 0 Å². The number of rotatable bonds is 25. The third-order valence-electron chi connectivity index (χ3n) is 7.95. The molecule has 0 atom stereocenters. The number of hydrogen-bond donors (Lipinski definition) is 0. The highest BCUT2D eigenvalue weighted by atomic mass is 32.1. The minimum absolute atomic E-state index is 1.17. The van der Waals surface area contributed by atoms with Crippen LogP contribution in [0.25, 0.3) is 0 Å². The normalized spacial score (nSPS) is 12.0. The first-order valence-electron chi connectivity index (χ1n) is 16.9. The first kappa shape index (κ1) is 34.9. The lowest BCUT2D eigenvalue weighted by Gasteiger charge is -2.03. The molecule has 0 aliphatic heterocycles. The molecule has 0 N–H and O–H groups in total. The third kappa shape index (κ3) is 16.2. The van der Waals surface area contributed by atoms with Crippen LogP contribution < -0.4 is 0 Å². The lowest BCUT2D eigenvalue weighted by atomic mass is 10.0. The summed E-state index contributed by atoms with van der Waals surface area (Å²) >= 11 is 3.70. The van der Waals surface area contributed by atoms with Crippen LogP contribution in [0.15, 0.2) is 22.3 Å². The Hall–Kier alpha value is -1.26. The van der Waals surface area contributed by atoms with Crippen molar-refractivity contribution in [3.05, 3.63) is 42.8 Å². The predicted octanol–water partition coefficient (Wildman–Crippen LogP) is 12.8. The largest absolute Gasteiger partial charge is 0.158 e. The fraction of sp³-hybridized carbons (Fsp3) is 0.722. The van der Waals surface area contributed by atoms with Gasteiger partial charge in [0.15, 0.2) is 0 Å². The van der Waals surface area contributed by atoms with Crippen LogP contribution in [0.3, 0.4) is 0 Å². The fourth-order valence-corrected chi connectivity index (χ4v) is 7.44. The molecular formula is C36H60N2S2. The molecule has 0 radical (unpaired) electrons.